The van der Waals surface area contributed by atoms with Gasteiger partial charge in [-0.2, -0.15) is 10.1 Å². The Kier molecular flexibility index (Phi) is 9.78. The Bertz CT molecular complexity index is 2140. The summed E-state index contributed by atoms with van der Waals surface area (Å²) in [4.78, 5) is 72.8. The molecule has 1 aromatic carbocycles. The summed E-state index contributed by atoms with van der Waals surface area (Å²) in [6.45, 7) is 9.45. The number of pyridine rings is 1. The molecule has 16 nitrogen and oxygen atoms in total. The topological polar surface area (TPSA) is 171 Å². The summed E-state index contributed by atoms with van der Waals surface area (Å²) in [5.41, 5.74) is 2.36. The SMILES string of the molecule is COC1CCN(c2nccc(Nc3cc4c(cn3)c(N3CCN(Cc5ccc6c(c5Br)C(=O)N(C5CCC(=O)NC5=O)C6=O)CC3)nn4C(C)C)n2)CC1. The zero-order valence-electron chi connectivity index (χ0n) is 30.4. The number of ether oxygens (including phenoxy) is 1. The zero-order chi connectivity index (χ0) is 37.7. The minimum atomic E-state index is -1.01. The molecule has 0 radical (unpaired) electrons. The molecule has 3 saturated heterocycles. The van der Waals surface area contributed by atoms with E-state index in [2.05, 4.69) is 60.1 Å². The molecule has 1 unspecified atom stereocenters. The standard InChI is InChI=1S/C37H42BrN11O5/c1-21(2)49-27-18-29(41-28-8-11-39-37(42-28)47-12-9-23(54-3)10-13-47)40-19-25(27)33(44-49)46-16-14-45(15-17-46)20-22-4-5-24-31(32(22)38)36(53)48(35(24)52)26-6-7-30(50)43-34(26)51/h4-5,8,11,18-19,21,23,26H,6-7,9-10,12-17,20H2,1-3H3,(H,43,50,51)(H,39,40,41,42). The predicted octanol–water partition coefficient (Wildman–Crippen LogP) is 3.65. The molecule has 0 saturated carbocycles. The number of anilines is 4. The molecule has 3 aromatic heterocycles. The second kappa shape index (κ2) is 14.7. The number of rotatable bonds is 9. The van der Waals surface area contributed by atoms with Gasteiger partial charge in [-0.3, -0.25) is 39.0 Å². The number of nitrogens with one attached hydrogen (secondary N) is 2. The van der Waals surface area contributed by atoms with Crippen molar-refractivity contribution in [3.8, 4) is 0 Å². The first-order valence-electron chi connectivity index (χ1n) is 18.4. The normalized spacial score (nSPS) is 20.0. The Hall–Kier alpha value is -5.00. The molecular formula is C37H42BrN11O5. The first kappa shape index (κ1) is 36.0. The molecule has 282 valence electrons. The van der Waals surface area contributed by atoms with Crippen LogP contribution in [0.2, 0.25) is 0 Å². The minimum absolute atomic E-state index is 0.0745. The monoisotopic (exact) mass is 799 g/mol. The zero-order valence-corrected chi connectivity index (χ0v) is 32.0. The van der Waals surface area contributed by atoms with Gasteiger partial charge < -0.3 is 19.9 Å². The Morgan fingerprint density at radius 2 is 1.72 bits per heavy atom. The van der Waals surface area contributed by atoms with Gasteiger partial charge in [-0.25, -0.2) is 9.97 Å². The first-order chi connectivity index (χ1) is 26.1. The Morgan fingerprint density at radius 1 is 0.944 bits per heavy atom. The van der Waals surface area contributed by atoms with Gasteiger partial charge in [-0.05, 0) is 66.7 Å². The van der Waals surface area contributed by atoms with E-state index < -0.39 is 29.7 Å². The number of nitrogens with zero attached hydrogens (tertiary/aromatic N) is 9. The summed E-state index contributed by atoms with van der Waals surface area (Å²) >= 11 is 3.62. The quantitative estimate of drug-likeness (QED) is 0.236. The maximum atomic E-state index is 13.5. The van der Waals surface area contributed by atoms with Crippen molar-refractivity contribution in [1.82, 2.24) is 39.8 Å². The van der Waals surface area contributed by atoms with Crippen LogP contribution in [0.5, 0.6) is 0 Å². The fourth-order valence-electron chi connectivity index (χ4n) is 7.75. The highest BCUT2D eigenvalue weighted by molar-refractivity contribution is 9.10. The number of carbonyl (C=O) groups is 4. The van der Waals surface area contributed by atoms with Crippen LogP contribution in [0.4, 0.5) is 23.4 Å². The Morgan fingerprint density at radius 3 is 2.44 bits per heavy atom. The van der Waals surface area contributed by atoms with Gasteiger partial charge in [-0.15, -0.1) is 0 Å². The van der Waals surface area contributed by atoms with Crippen LogP contribution in [0.15, 0.2) is 41.1 Å². The average molecular weight is 801 g/mol. The third-order valence-electron chi connectivity index (χ3n) is 10.7. The number of carbonyl (C=O) groups excluding carboxylic acids is 4. The maximum Gasteiger partial charge on any atom is 0.263 e. The number of imide groups is 2. The second-order valence-corrected chi connectivity index (χ2v) is 15.2. The van der Waals surface area contributed by atoms with E-state index in [1.54, 1.807) is 19.4 Å². The summed E-state index contributed by atoms with van der Waals surface area (Å²) in [7, 11) is 1.76. The van der Waals surface area contributed by atoms with Crippen molar-refractivity contribution in [1.29, 1.82) is 0 Å². The number of aromatic nitrogens is 5. The number of fused-ring (bicyclic) bond motifs is 2. The van der Waals surface area contributed by atoms with Gasteiger partial charge in [0.2, 0.25) is 17.8 Å². The highest BCUT2D eigenvalue weighted by Gasteiger charge is 2.46. The molecule has 2 N–H and O–H groups in total. The van der Waals surface area contributed by atoms with Gasteiger partial charge in [0.25, 0.3) is 11.8 Å². The summed E-state index contributed by atoms with van der Waals surface area (Å²) in [5, 5.41) is 11.7. The second-order valence-electron chi connectivity index (χ2n) is 14.4. The molecular weight excluding hydrogens is 758 g/mol. The number of piperidine rings is 2. The molecule has 8 rings (SSSR count). The van der Waals surface area contributed by atoms with Gasteiger partial charge >= 0.3 is 0 Å². The molecule has 1 atom stereocenters. The van der Waals surface area contributed by atoms with Crippen LogP contribution in [-0.2, 0) is 20.9 Å². The van der Waals surface area contributed by atoms with E-state index in [9.17, 15) is 19.2 Å². The lowest BCUT2D eigenvalue weighted by Crippen LogP contribution is -2.54. The molecule has 17 heteroatoms. The van der Waals surface area contributed by atoms with E-state index >= 15 is 0 Å². The van der Waals surface area contributed by atoms with Crippen molar-refractivity contribution in [2.45, 2.75) is 64.3 Å². The molecule has 4 aliphatic rings. The van der Waals surface area contributed by atoms with E-state index in [0.717, 1.165) is 79.3 Å². The van der Waals surface area contributed by atoms with Crippen LogP contribution < -0.4 is 20.4 Å². The fraction of sp³-hybridized carbons (Fsp3) is 0.459. The van der Waals surface area contributed by atoms with Crippen LogP contribution in [-0.4, -0.2) is 117 Å². The van der Waals surface area contributed by atoms with E-state index in [0.29, 0.717) is 28.6 Å². The number of amides is 4. The van der Waals surface area contributed by atoms with Crippen molar-refractivity contribution in [3.63, 3.8) is 0 Å². The molecule has 4 amide bonds. The lowest BCUT2D eigenvalue weighted by molar-refractivity contribution is -0.136. The summed E-state index contributed by atoms with van der Waals surface area (Å²) < 4.78 is 8.10. The van der Waals surface area contributed by atoms with Crippen LogP contribution in [0.25, 0.3) is 10.9 Å². The van der Waals surface area contributed by atoms with Crippen LogP contribution in [0, 0.1) is 0 Å². The number of hydrogen-bond donors (Lipinski definition) is 2. The van der Waals surface area contributed by atoms with Crippen molar-refractivity contribution >= 4 is 73.9 Å². The van der Waals surface area contributed by atoms with Gasteiger partial charge in [0.1, 0.15) is 17.7 Å². The molecule has 0 aliphatic carbocycles. The van der Waals surface area contributed by atoms with E-state index in [4.69, 9.17) is 19.8 Å². The van der Waals surface area contributed by atoms with Crippen LogP contribution in [0.1, 0.15) is 71.9 Å². The Balaban J connectivity index is 0.941. The number of hydrogen-bond acceptors (Lipinski definition) is 13. The van der Waals surface area contributed by atoms with Crippen molar-refractivity contribution < 1.29 is 23.9 Å². The van der Waals surface area contributed by atoms with E-state index in [1.165, 1.54) is 0 Å². The third kappa shape index (κ3) is 6.68. The lowest BCUT2D eigenvalue weighted by atomic mass is 10.0. The fourth-order valence-corrected chi connectivity index (χ4v) is 8.39. The number of methoxy groups -OCH3 is 1. The number of benzene rings is 1. The van der Waals surface area contributed by atoms with Crippen LogP contribution >= 0.6 is 15.9 Å². The largest absolute Gasteiger partial charge is 0.381 e. The molecule has 0 spiro atoms. The van der Waals surface area contributed by atoms with E-state index in [1.807, 2.05) is 29.1 Å². The smallest absolute Gasteiger partial charge is 0.263 e. The molecule has 4 aliphatic heterocycles. The molecule has 7 heterocycles. The average Bonchev–Trinajstić information content (AvgIpc) is 3.67. The van der Waals surface area contributed by atoms with Gasteiger partial charge in [0.15, 0.2) is 5.82 Å². The van der Waals surface area contributed by atoms with Crippen molar-refractivity contribution in [2.24, 2.45) is 0 Å². The molecule has 3 fully saturated rings. The molecule has 4 aromatic rings. The number of halogens is 1. The maximum absolute atomic E-state index is 13.5. The van der Waals surface area contributed by atoms with Gasteiger partial charge in [0.05, 0.1) is 28.1 Å². The minimum Gasteiger partial charge on any atom is -0.381 e. The summed E-state index contributed by atoms with van der Waals surface area (Å²) in [6, 6.07) is 6.50. The summed E-state index contributed by atoms with van der Waals surface area (Å²) in [6.07, 6.45) is 6.00. The Labute approximate surface area is 320 Å². The van der Waals surface area contributed by atoms with E-state index in [-0.39, 0.29) is 36.1 Å². The van der Waals surface area contributed by atoms with Crippen LogP contribution in [0.3, 0.4) is 0 Å². The predicted molar refractivity (Wildman–Crippen MR) is 204 cm³/mol. The van der Waals surface area contributed by atoms with Gasteiger partial charge in [-0.1, -0.05) is 6.07 Å². The van der Waals surface area contributed by atoms with Gasteiger partial charge in [0, 0.05) is 88.3 Å². The summed E-state index contributed by atoms with van der Waals surface area (Å²) in [5.74, 6) is 0.842. The third-order valence-corrected chi connectivity index (χ3v) is 11.6. The first-order valence-corrected chi connectivity index (χ1v) is 19.1. The number of piperazine rings is 1. The molecule has 0 bridgehead atoms. The van der Waals surface area contributed by atoms with Crippen molar-refractivity contribution in [3.05, 3.63) is 57.8 Å². The highest BCUT2D eigenvalue weighted by atomic mass is 79.9. The highest BCUT2D eigenvalue weighted by Crippen LogP contribution is 2.36. The lowest BCUT2D eigenvalue weighted by Gasteiger charge is -2.35. The molecule has 54 heavy (non-hydrogen) atoms. The van der Waals surface area contributed by atoms with Crippen molar-refractivity contribution in [2.75, 3.05) is 61.5 Å².